The van der Waals surface area contributed by atoms with Gasteiger partial charge in [0.2, 0.25) is 0 Å². The lowest BCUT2D eigenvalue weighted by Crippen LogP contribution is -2.47. The van der Waals surface area contributed by atoms with Gasteiger partial charge in [-0.1, -0.05) is 0 Å². The minimum atomic E-state index is -0.616. The fourth-order valence-corrected chi connectivity index (χ4v) is 3.78. The molecule has 0 saturated heterocycles. The number of hydrogen-bond acceptors (Lipinski definition) is 7. The number of carbonyl (C=O) groups excluding carboxylic acids is 1. The molecule has 1 aliphatic rings. The first-order chi connectivity index (χ1) is 16.5. The number of rotatable bonds is 9. The van der Waals surface area contributed by atoms with E-state index in [4.69, 9.17) is 14.2 Å². The van der Waals surface area contributed by atoms with Crippen molar-refractivity contribution in [3.63, 3.8) is 0 Å². The molecule has 1 aliphatic carbocycles. The Morgan fingerprint density at radius 2 is 1.71 bits per heavy atom. The van der Waals surface area contributed by atoms with Gasteiger partial charge in [-0.15, -0.1) is 0 Å². The third kappa shape index (κ3) is 7.15. The number of nitrogens with one attached hydrogen (secondary N) is 3. The van der Waals surface area contributed by atoms with E-state index in [0.29, 0.717) is 22.9 Å². The van der Waals surface area contributed by atoms with Gasteiger partial charge in [-0.05, 0) is 58.6 Å². The summed E-state index contributed by atoms with van der Waals surface area (Å²) in [5.74, 6) is 0.878. The van der Waals surface area contributed by atoms with Crippen LogP contribution in [0.4, 0.5) is 26.2 Å². The number of amides is 1. The van der Waals surface area contributed by atoms with E-state index in [9.17, 15) is 14.4 Å². The minimum absolute atomic E-state index is 0.151. The number of methoxy groups -OCH3 is 2. The highest BCUT2D eigenvalue weighted by atomic mass is 19.1. The third-order valence-electron chi connectivity index (χ3n) is 5.59. The Balaban J connectivity index is 1.85. The Morgan fingerprint density at radius 3 is 2.23 bits per heavy atom. The predicted molar refractivity (Wildman–Crippen MR) is 133 cm³/mol. The van der Waals surface area contributed by atoms with Crippen molar-refractivity contribution in [3.8, 4) is 17.6 Å². The molecule has 0 aliphatic heterocycles. The van der Waals surface area contributed by atoms with Crippen molar-refractivity contribution in [1.82, 2.24) is 5.32 Å². The van der Waals surface area contributed by atoms with Crippen LogP contribution in [0.1, 0.15) is 46.1 Å². The second kappa shape index (κ2) is 10.7. The van der Waals surface area contributed by atoms with Gasteiger partial charge in [0.15, 0.2) is 0 Å². The molecule has 2 atom stereocenters. The van der Waals surface area contributed by atoms with Crippen molar-refractivity contribution in [1.29, 1.82) is 5.26 Å². The van der Waals surface area contributed by atoms with E-state index in [1.54, 1.807) is 59.3 Å². The lowest BCUT2D eigenvalue weighted by atomic mass is 10.0. The SMILES string of the molecule is COc1cc(Nc2cc(N[C@H](C3CC3)[C@H](C)NC(=O)OC(C)(C)C)c(F)cc2C#N)cc(OC)c1. The maximum absolute atomic E-state index is 15.0. The van der Waals surface area contributed by atoms with Gasteiger partial charge in [-0.2, -0.15) is 5.26 Å². The lowest BCUT2D eigenvalue weighted by molar-refractivity contribution is 0.0502. The zero-order valence-corrected chi connectivity index (χ0v) is 21.0. The Labute approximate surface area is 205 Å². The monoisotopic (exact) mass is 484 g/mol. The summed E-state index contributed by atoms with van der Waals surface area (Å²) in [6.45, 7) is 7.26. The fourth-order valence-electron chi connectivity index (χ4n) is 3.78. The zero-order valence-electron chi connectivity index (χ0n) is 21.0. The number of benzene rings is 2. The van der Waals surface area contributed by atoms with E-state index in [0.717, 1.165) is 12.8 Å². The number of anilines is 3. The molecule has 2 aromatic carbocycles. The highest BCUT2D eigenvalue weighted by Gasteiger charge is 2.36. The van der Waals surface area contributed by atoms with Gasteiger partial charge >= 0.3 is 6.09 Å². The fraction of sp³-hybridized carbons (Fsp3) is 0.462. The number of ether oxygens (including phenoxy) is 3. The largest absolute Gasteiger partial charge is 0.497 e. The smallest absolute Gasteiger partial charge is 0.407 e. The molecule has 0 unspecified atom stereocenters. The van der Waals surface area contributed by atoms with Crippen LogP contribution in [0, 0.1) is 23.1 Å². The quantitative estimate of drug-likeness (QED) is 0.428. The van der Waals surface area contributed by atoms with Crippen molar-refractivity contribution in [2.45, 2.75) is 58.2 Å². The summed E-state index contributed by atoms with van der Waals surface area (Å²) in [5, 5.41) is 18.9. The summed E-state index contributed by atoms with van der Waals surface area (Å²) in [5.41, 5.74) is 0.811. The topological polar surface area (TPSA) is 105 Å². The van der Waals surface area contributed by atoms with Crippen LogP contribution in [-0.2, 0) is 4.74 Å². The standard InChI is InChI=1S/C26H33FN4O4/c1-15(29-25(32)35-26(2,3)4)24(16-7-8-16)31-23-13-22(17(14-28)9-21(23)27)30-18-10-19(33-5)12-20(11-18)34-6/h9-13,15-16,24,30-31H,7-8H2,1-6H3,(H,29,32)/t15-,24-/m0/s1. The summed E-state index contributed by atoms with van der Waals surface area (Å²) in [7, 11) is 3.09. The summed E-state index contributed by atoms with van der Waals surface area (Å²) in [4.78, 5) is 12.3. The Kier molecular flexibility index (Phi) is 7.95. The molecule has 35 heavy (non-hydrogen) atoms. The Bertz CT molecular complexity index is 1080. The molecular weight excluding hydrogens is 451 g/mol. The maximum atomic E-state index is 15.0. The van der Waals surface area contributed by atoms with Crippen LogP contribution >= 0.6 is 0 Å². The third-order valence-corrected chi connectivity index (χ3v) is 5.59. The van der Waals surface area contributed by atoms with Crippen molar-refractivity contribution >= 4 is 23.2 Å². The molecule has 188 valence electrons. The second-order valence-corrected chi connectivity index (χ2v) is 9.66. The number of hydrogen-bond donors (Lipinski definition) is 3. The first kappa shape index (κ1) is 25.9. The van der Waals surface area contributed by atoms with Crippen LogP contribution < -0.4 is 25.4 Å². The van der Waals surface area contributed by atoms with E-state index in [1.807, 2.05) is 13.0 Å². The summed E-state index contributed by atoms with van der Waals surface area (Å²) in [6, 6.07) is 9.49. The molecule has 3 N–H and O–H groups in total. The molecule has 9 heteroatoms. The van der Waals surface area contributed by atoms with Gasteiger partial charge in [-0.25, -0.2) is 9.18 Å². The lowest BCUT2D eigenvalue weighted by Gasteiger charge is -2.29. The second-order valence-electron chi connectivity index (χ2n) is 9.66. The predicted octanol–water partition coefficient (Wildman–Crippen LogP) is 5.56. The van der Waals surface area contributed by atoms with Gasteiger partial charge in [-0.3, -0.25) is 0 Å². The molecule has 3 rings (SSSR count). The van der Waals surface area contributed by atoms with E-state index in [-0.39, 0.29) is 29.3 Å². The average Bonchev–Trinajstić information content (AvgIpc) is 3.62. The summed E-state index contributed by atoms with van der Waals surface area (Å²) < 4.78 is 31.0. The summed E-state index contributed by atoms with van der Waals surface area (Å²) in [6.07, 6.45) is 1.43. The average molecular weight is 485 g/mol. The molecule has 1 saturated carbocycles. The normalized spacial score (nSPS) is 14.8. The van der Waals surface area contributed by atoms with Gasteiger partial charge in [0.1, 0.15) is 29.0 Å². The number of carbonyl (C=O) groups is 1. The molecule has 2 aromatic rings. The Hall–Kier alpha value is -3.67. The van der Waals surface area contributed by atoms with Crippen LogP contribution in [0.5, 0.6) is 11.5 Å². The van der Waals surface area contributed by atoms with Crippen molar-refractivity contribution < 1.29 is 23.4 Å². The molecule has 0 radical (unpaired) electrons. The van der Waals surface area contributed by atoms with Gasteiger partial charge in [0.05, 0.1) is 31.2 Å². The van der Waals surface area contributed by atoms with Gasteiger partial charge < -0.3 is 30.2 Å². The van der Waals surface area contributed by atoms with Crippen molar-refractivity contribution in [2.24, 2.45) is 5.92 Å². The van der Waals surface area contributed by atoms with E-state index < -0.39 is 17.5 Å². The molecule has 0 heterocycles. The molecular formula is C26H33FN4O4. The zero-order chi connectivity index (χ0) is 25.8. The molecule has 8 nitrogen and oxygen atoms in total. The van der Waals surface area contributed by atoms with Crippen molar-refractivity contribution in [3.05, 3.63) is 41.7 Å². The molecule has 0 aromatic heterocycles. The van der Waals surface area contributed by atoms with Gasteiger partial charge in [0, 0.05) is 36.0 Å². The highest BCUT2D eigenvalue weighted by Crippen LogP contribution is 2.37. The van der Waals surface area contributed by atoms with Crippen LogP contribution in [0.25, 0.3) is 0 Å². The number of alkyl carbamates (subject to hydrolysis) is 1. The van der Waals surface area contributed by atoms with Gasteiger partial charge in [0.25, 0.3) is 0 Å². The molecule has 0 bridgehead atoms. The van der Waals surface area contributed by atoms with Crippen LogP contribution in [-0.4, -0.2) is 38.0 Å². The number of nitrogens with zero attached hydrogens (tertiary/aromatic N) is 1. The van der Waals surface area contributed by atoms with Crippen LogP contribution in [0.3, 0.4) is 0 Å². The van der Waals surface area contributed by atoms with E-state index in [2.05, 4.69) is 16.0 Å². The number of nitriles is 1. The van der Waals surface area contributed by atoms with Crippen LogP contribution in [0.2, 0.25) is 0 Å². The van der Waals surface area contributed by atoms with E-state index in [1.165, 1.54) is 6.07 Å². The van der Waals surface area contributed by atoms with Crippen molar-refractivity contribution in [2.75, 3.05) is 24.9 Å². The Morgan fingerprint density at radius 1 is 1.09 bits per heavy atom. The summed E-state index contributed by atoms with van der Waals surface area (Å²) >= 11 is 0. The maximum Gasteiger partial charge on any atom is 0.407 e. The number of halogens is 1. The molecule has 1 fully saturated rings. The molecule has 0 spiro atoms. The highest BCUT2D eigenvalue weighted by molar-refractivity contribution is 5.73. The first-order valence-corrected chi connectivity index (χ1v) is 11.5. The van der Waals surface area contributed by atoms with E-state index >= 15 is 0 Å². The first-order valence-electron chi connectivity index (χ1n) is 11.5. The minimum Gasteiger partial charge on any atom is -0.497 e. The van der Waals surface area contributed by atoms with Crippen LogP contribution in [0.15, 0.2) is 30.3 Å². The molecule has 1 amide bonds.